The standard InChI is InChI=1S/C23H30N6O4S/c1-3-28(4-2)20-13-17(10-11-25-20)23(30)29-12-6-7-16(14-29)15-33-19-9-5-8-18-21(19)22(24)27-34(31,32)26-18/h5,8-11,13,16,26H,3-4,6-7,12,14-15H2,1-2H3,(H2,24,27)/t16-/m0/s1. The Morgan fingerprint density at radius 2 is 2.09 bits per heavy atom. The van der Waals surface area contributed by atoms with Crippen LogP contribution in [0.3, 0.4) is 0 Å². The van der Waals surface area contributed by atoms with E-state index < -0.39 is 10.2 Å². The highest BCUT2D eigenvalue weighted by molar-refractivity contribution is 7.91. The lowest BCUT2D eigenvalue weighted by Crippen LogP contribution is -2.41. The van der Waals surface area contributed by atoms with Gasteiger partial charge in [-0.25, -0.2) is 4.98 Å². The number of aromatic nitrogens is 1. The molecule has 0 aliphatic carbocycles. The molecule has 0 unspecified atom stereocenters. The lowest BCUT2D eigenvalue weighted by Gasteiger charge is -2.33. The fourth-order valence-corrected chi connectivity index (χ4v) is 5.23. The second-order valence-corrected chi connectivity index (χ2v) is 9.71. The summed E-state index contributed by atoms with van der Waals surface area (Å²) in [5.74, 6) is 1.28. The quantitative estimate of drug-likeness (QED) is 0.614. The summed E-state index contributed by atoms with van der Waals surface area (Å²) in [6.07, 6.45) is 3.49. The number of nitrogens with one attached hydrogen (secondary N) is 1. The van der Waals surface area contributed by atoms with E-state index in [2.05, 4.69) is 32.9 Å². The van der Waals surface area contributed by atoms with E-state index in [0.717, 1.165) is 31.7 Å². The number of likely N-dealkylation sites (tertiary alicyclic amines) is 1. The van der Waals surface area contributed by atoms with Crippen LogP contribution in [0.25, 0.3) is 0 Å². The number of hydrogen-bond donors (Lipinski definition) is 2. The minimum absolute atomic E-state index is 0.0108. The van der Waals surface area contributed by atoms with Crippen molar-refractivity contribution in [2.24, 2.45) is 16.0 Å². The maximum Gasteiger partial charge on any atom is 0.344 e. The van der Waals surface area contributed by atoms with Gasteiger partial charge in [0.2, 0.25) is 0 Å². The van der Waals surface area contributed by atoms with Gasteiger partial charge in [0.15, 0.2) is 5.84 Å². The molecule has 182 valence electrons. The van der Waals surface area contributed by atoms with Crippen LogP contribution in [-0.4, -0.2) is 62.8 Å². The highest BCUT2D eigenvalue weighted by atomic mass is 32.2. The zero-order valence-electron chi connectivity index (χ0n) is 19.4. The van der Waals surface area contributed by atoms with Crippen molar-refractivity contribution in [3.63, 3.8) is 0 Å². The molecule has 0 spiro atoms. The molecular formula is C23H30N6O4S. The molecule has 0 bridgehead atoms. The Morgan fingerprint density at radius 3 is 2.85 bits per heavy atom. The van der Waals surface area contributed by atoms with E-state index in [0.29, 0.717) is 42.3 Å². The van der Waals surface area contributed by atoms with Crippen LogP contribution in [0.4, 0.5) is 11.5 Å². The van der Waals surface area contributed by atoms with E-state index in [9.17, 15) is 13.2 Å². The third-order valence-corrected chi connectivity index (χ3v) is 7.02. The third-order valence-electron chi connectivity index (χ3n) is 6.10. The van der Waals surface area contributed by atoms with Crippen LogP contribution >= 0.6 is 0 Å². The van der Waals surface area contributed by atoms with Gasteiger partial charge >= 0.3 is 10.2 Å². The molecule has 3 N–H and O–H groups in total. The van der Waals surface area contributed by atoms with Crippen molar-refractivity contribution < 1.29 is 17.9 Å². The molecule has 0 radical (unpaired) electrons. The number of amides is 1. The Bertz CT molecular complexity index is 1200. The first-order valence-electron chi connectivity index (χ1n) is 11.5. The summed E-state index contributed by atoms with van der Waals surface area (Å²) >= 11 is 0. The predicted octanol–water partition coefficient (Wildman–Crippen LogP) is 2.23. The average molecular weight is 487 g/mol. The van der Waals surface area contributed by atoms with Crippen molar-refractivity contribution in [3.8, 4) is 5.75 Å². The topological polar surface area (TPSA) is 130 Å². The zero-order chi connectivity index (χ0) is 24.3. The molecule has 1 amide bonds. The smallest absolute Gasteiger partial charge is 0.344 e. The number of hydrogen-bond acceptors (Lipinski definition) is 7. The van der Waals surface area contributed by atoms with Gasteiger partial charge in [-0.2, -0.15) is 8.42 Å². The van der Waals surface area contributed by atoms with Gasteiger partial charge in [-0.1, -0.05) is 6.07 Å². The van der Waals surface area contributed by atoms with Gasteiger partial charge in [0.05, 0.1) is 17.9 Å². The summed E-state index contributed by atoms with van der Waals surface area (Å²) in [6.45, 7) is 7.42. The largest absolute Gasteiger partial charge is 0.492 e. The van der Waals surface area contributed by atoms with Crippen molar-refractivity contribution >= 4 is 33.5 Å². The van der Waals surface area contributed by atoms with E-state index in [1.165, 1.54) is 0 Å². The molecule has 1 fully saturated rings. The summed E-state index contributed by atoms with van der Waals surface area (Å²) < 4.78 is 35.5. The predicted molar refractivity (Wildman–Crippen MR) is 132 cm³/mol. The summed E-state index contributed by atoms with van der Waals surface area (Å²) in [7, 11) is -3.85. The molecule has 2 aromatic rings. The van der Waals surface area contributed by atoms with Crippen molar-refractivity contribution in [3.05, 3.63) is 47.7 Å². The fourth-order valence-electron chi connectivity index (χ4n) is 4.39. The molecular weight excluding hydrogens is 456 g/mol. The number of nitrogens with zero attached hydrogens (tertiary/aromatic N) is 4. The molecule has 2 aliphatic heterocycles. The minimum atomic E-state index is -3.85. The highest BCUT2D eigenvalue weighted by Gasteiger charge is 2.28. The van der Waals surface area contributed by atoms with Crippen LogP contribution in [0.15, 0.2) is 40.9 Å². The second kappa shape index (κ2) is 9.88. The van der Waals surface area contributed by atoms with Crippen LogP contribution in [0.2, 0.25) is 0 Å². The van der Waals surface area contributed by atoms with Gasteiger partial charge in [-0.3, -0.25) is 9.52 Å². The number of benzene rings is 1. The average Bonchev–Trinajstić information content (AvgIpc) is 2.82. The van der Waals surface area contributed by atoms with Crippen molar-refractivity contribution in [1.29, 1.82) is 0 Å². The minimum Gasteiger partial charge on any atom is -0.492 e. The molecule has 2 aliphatic rings. The Labute approximate surface area is 200 Å². The normalized spacial score (nSPS) is 18.9. The lowest BCUT2D eigenvalue weighted by atomic mass is 9.98. The van der Waals surface area contributed by atoms with Gasteiger partial charge in [-0.05, 0) is 51.0 Å². The molecule has 4 rings (SSSR count). The number of anilines is 2. The Balaban J connectivity index is 1.43. The number of fused-ring (bicyclic) bond motifs is 1. The molecule has 1 saturated heterocycles. The van der Waals surface area contributed by atoms with E-state index >= 15 is 0 Å². The van der Waals surface area contributed by atoms with E-state index in [1.54, 1.807) is 30.5 Å². The molecule has 1 atom stereocenters. The number of amidine groups is 1. The molecule has 10 nitrogen and oxygen atoms in total. The van der Waals surface area contributed by atoms with Crippen LogP contribution < -0.4 is 20.1 Å². The summed E-state index contributed by atoms with van der Waals surface area (Å²) in [6, 6.07) is 8.66. The van der Waals surface area contributed by atoms with E-state index in [-0.39, 0.29) is 17.7 Å². The summed E-state index contributed by atoms with van der Waals surface area (Å²) in [4.78, 5) is 21.6. The Hall–Kier alpha value is -3.34. The number of carbonyl (C=O) groups excluding carboxylic acids is 1. The SMILES string of the molecule is CCN(CC)c1cc(C(=O)N2CCC[C@H](COc3cccc4c3C(N)=NS(=O)(=O)N4)C2)ccn1. The van der Waals surface area contributed by atoms with Crippen LogP contribution in [0, 0.1) is 5.92 Å². The second-order valence-electron chi connectivity index (χ2n) is 8.38. The van der Waals surface area contributed by atoms with Gasteiger partial charge in [-0.15, -0.1) is 4.40 Å². The van der Waals surface area contributed by atoms with Gasteiger partial charge in [0, 0.05) is 43.9 Å². The Morgan fingerprint density at radius 1 is 1.29 bits per heavy atom. The van der Waals surface area contributed by atoms with Gasteiger partial charge in [0.1, 0.15) is 11.6 Å². The van der Waals surface area contributed by atoms with Crippen LogP contribution in [0.5, 0.6) is 5.75 Å². The molecule has 11 heteroatoms. The first-order valence-corrected chi connectivity index (χ1v) is 12.9. The van der Waals surface area contributed by atoms with Gasteiger partial charge in [0.25, 0.3) is 5.91 Å². The molecule has 3 heterocycles. The monoisotopic (exact) mass is 486 g/mol. The van der Waals surface area contributed by atoms with Crippen molar-refractivity contribution in [1.82, 2.24) is 9.88 Å². The number of rotatable bonds is 7. The number of piperidine rings is 1. The van der Waals surface area contributed by atoms with Crippen molar-refractivity contribution in [2.45, 2.75) is 26.7 Å². The number of carbonyl (C=O) groups is 1. The maximum absolute atomic E-state index is 13.2. The number of ether oxygens (including phenoxy) is 1. The Kier molecular flexibility index (Phi) is 6.92. The molecule has 1 aromatic carbocycles. The first kappa shape index (κ1) is 23.8. The summed E-state index contributed by atoms with van der Waals surface area (Å²) in [5.41, 5.74) is 7.30. The highest BCUT2D eigenvalue weighted by Crippen LogP contribution is 2.31. The summed E-state index contributed by atoms with van der Waals surface area (Å²) in [5, 5.41) is 0. The third kappa shape index (κ3) is 5.09. The maximum atomic E-state index is 13.2. The molecule has 34 heavy (non-hydrogen) atoms. The van der Waals surface area contributed by atoms with E-state index in [1.807, 2.05) is 11.0 Å². The first-order chi connectivity index (χ1) is 16.3. The number of pyridine rings is 1. The molecule has 0 saturated carbocycles. The van der Waals surface area contributed by atoms with Crippen LogP contribution in [-0.2, 0) is 10.2 Å². The lowest BCUT2D eigenvalue weighted by molar-refractivity contribution is 0.0633. The van der Waals surface area contributed by atoms with E-state index in [4.69, 9.17) is 10.5 Å². The molecule has 1 aromatic heterocycles. The fraction of sp³-hybridized carbons (Fsp3) is 0.435. The van der Waals surface area contributed by atoms with Crippen molar-refractivity contribution in [2.75, 3.05) is 42.4 Å². The number of nitrogens with two attached hydrogens (primary N) is 1. The zero-order valence-corrected chi connectivity index (χ0v) is 20.2. The van der Waals surface area contributed by atoms with Crippen LogP contribution in [0.1, 0.15) is 42.6 Å². The van der Waals surface area contributed by atoms with Gasteiger partial charge < -0.3 is 20.3 Å².